The lowest BCUT2D eigenvalue weighted by Gasteiger charge is -2.11. The van der Waals surface area contributed by atoms with Gasteiger partial charge in [-0.15, -0.1) is 0 Å². The molecule has 2 rings (SSSR count). The topological polar surface area (TPSA) is 65.9 Å². The highest BCUT2D eigenvalue weighted by Crippen LogP contribution is 2.29. The highest BCUT2D eigenvalue weighted by molar-refractivity contribution is 5.80. The van der Waals surface area contributed by atoms with Crippen molar-refractivity contribution in [1.29, 1.82) is 0 Å². The van der Waals surface area contributed by atoms with Gasteiger partial charge in [-0.3, -0.25) is 4.99 Å². The zero-order valence-corrected chi connectivity index (χ0v) is 12.1. The van der Waals surface area contributed by atoms with Crippen LogP contribution in [0.4, 0.5) is 0 Å². The van der Waals surface area contributed by atoms with Crippen LogP contribution in [0, 0.1) is 0 Å². The van der Waals surface area contributed by atoms with Crippen molar-refractivity contribution < 1.29 is 9.84 Å². The number of nitrogens with zero attached hydrogens (tertiary/aromatic N) is 1. The summed E-state index contributed by atoms with van der Waals surface area (Å²) in [5, 5.41) is 16.6. The van der Waals surface area contributed by atoms with Gasteiger partial charge in [0.05, 0.1) is 7.11 Å². The molecule has 0 unspecified atom stereocenters. The van der Waals surface area contributed by atoms with Gasteiger partial charge < -0.3 is 20.5 Å². The lowest BCUT2D eigenvalue weighted by Crippen LogP contribution is -2.38. The highest BCUT2D eigenvalue weighted by atomic mass is 16.5. The Balaban J connectivity index is 1.92. The van der Waals surface area contributed by atoms with Gasteiger partial charge in [0.25, 0.3) is 0 Å². The van der Waals surface area contributed by atoms with E-state index in [4.69, 9.17) is 4.74 Å². The number of hydrogen-bond donors (Lipinski definition) is 3. The maximum absolute atomic E-state index is 10.0. The van der Waals surface area contributed by atoms with Crippen LogP contribution in [-0.4, -0.2) is 37.3 Å². The first-order valence-corrected chi connectivity index (χ1v) is 7.14. The van der Waals surface area contributed by atoms with E-state index in [0.717, 1.165) is 18.1 Å². The average Bonchev–Trinajstić information content (AvgIpc) is 3.25. The Morgan fingerprint density at radius 2 is 2.25 bits per heavy atom. The second kappa shape index (κ2) is 7.03. The zero-order valence-electron chi connectivity index (χ0n) is 12.1. The molecule has 0 radical (unpaired) electrons. The lowest BCUT2D eigenvalue weighted by molar-refractivity contribution is 0.370. The SMILES string of the molecule is CCNC(=NCCc1cccc(OC)c1O)NC1CC1. The highest BCUT2D eigenvalue weighted by Gasteiger charge is 2.22. The summed E-state index contributed by atoms with van der Waals surface area (Å²) in [6.45, 7) is 3.53. The van der Waals surface area contributed by atoms with Crippen LogP contribution >= 0.6 is 0 Å². The first-order chi connectivity index (χ1) is 9.74. The van der Waals surface area contributed by atoms with Crippen LogP contribution in [0.5, 0.6) is 11.5 Å². The van der Waals surface area contributed by atoms with Crippen LogP contribution < -0.4 is 15.4 Å². The van der Waals surface area contributed by atoms with Crippen molar-refractivity contribution in [3.63, 3.8) is 0 Å². The molecule has 0 aliphatic heterocycles. The number of phenolic OH excluding ortho intramolecular Hbond substituents is 1. The summed E-state index contributed by atoms with van der Waals surface area (Å²) in [6, 6.07) is 6.11. The van der Waals surface area contributed by atoms with Crippen molar-refractivity contribution in [2.45, 2.75) is 32.2 Å². The molecule has 1 saturated carbocycles. The smallest absolute Gasteiger partial charge is 0.191 e. The van der Waals surface area contributed by atoms with Crippen LogP contribution in [0.1, 0.15) is 25.3 Å². The molecule has 5 heteroatoms. The number of ether oxygens (including phenoxy) is 1. The van der Waals surface area contributed by atoms with Crippen LogP contribution in [0.3, 0.4) is 0 Å². The number of aliphatic imine (C=N–C) groups is 1. The van der Waals surface area contributed by atoms with Crippen molar-refractivity contribution in [3.05, 3.63) is 23.8 Å². The summed E-state index contributed by atoms with van der Waals surface area (Å²) in [6.07, 6.45) is 3.13. The predicted molar refractivity (Wildman–Crippen MR) is 80.5 cm³/mol. The zero-order chi connectivity index (χ0) is 14.4. The number of guanidine groups is 1. The quantitative estimate of drug-likeness (QED) is 0.546. The Labute approximate surface area is 120 Å². The molecule has 3 N–H and O–H groups in total. The number of benzene rings is 1. The average molecular weight is 277 g/mol. The Morgan fingerprint density at radius 1 is 1.45 bits per heavy atom. The molecule has 1 aromatic carbocycles. The molecule has 0 spiro atoms. The molecular weight excluding hydrogens is 254 g/mol. The molecule has 20 heavy (non-hydrogen) atoms. The van der Waals surface area contributed by atoms with Crippen molar-refractivity contribution in [1.82, 2.24) is 10.6 Å². The van der Waals surface area contributed by atoms with Gasteiger partial charge in [-0.05, 0) is 37.8 Å². The summed E-state index contributed by atoms with van der Waals surface area (Å²) < 4.78 is 5.10. The Morgan fingerprint density at radius 3 is 2.90 bits per heavy atom. The van der Waals surface area contributed by atoms with Gasteiger partial charge in [-0.25, -0.2) is 0 Å². The van der Waals surface area contributed by atoms with Crippen molar-refractivity contribution in [2.24, 2.45) is 4.99 Å². The summed E-state index contributed by atoms with van der Waals surface area (Å²) in [4.78, 5) is 4.53. The lowest BCUT2D eigenvalue weighted by atomic mass is 10.1. The fourth-order valence-electron chi connectivity index (χ4n) is 1.96. The van der Waals surface area contributed by atoms with Gasteiger partial charge in [-0.1, -0.05) is 12.1 Å². The first kappa shape index (κ1) is 14.5. The summed E-state index contributed by atoms with van der Waals surface area (Å²) in [7, 11) is 1.56. The van der Waals surface area contributed by atoms with E-state index in [2.05, 4.69) is 22.5 Å². The van der Waals surface area contributed by atoms with Gasteiger partial charge in [0.2, 0.25) is 0 Å². The van der Waals surface area contributed by atoms with Crippen molar-refractivity contribution in [3.8, 4) is 11.5 Å². The Kier molecular flexibility index (Phi) is 5.09. The number of aromatic hydroxyl groups is 1. The minimum atomic E-state index is 0.213. The molecule has 1 aliphatic carbocycles. The summed E-state index contributed by atoms with van der Waals surface area (Å²) >= 11 is 0. The first-order valence-electron chi connectivity index (χ1n) is 7.14. The van der Waals surface area contributed by atoms with E-state index in [9.17, 15) is 5.11 Å². The normalized spacial score (nSPS) is 15.0. The fourth-order valence-corrected chi connectivity index (χ4v) is 1.96. The van der Waals surface area contributed by atoms with Crippen LogP contribution in [0.15, 0.2) is 23.2 Å². The molecule has 1 fully saturated rings. The standard InChI is InChI=1S/C15H23N3O2/c1-3-16-15(18-12-7-8-12)17-10-9-11-5-4-6-13(20-2)14(11)19/h4-6,12,19H,3,7-10H2,1-2H3,(H2,16,17,18). The van der Waals surface area contributed by atoms with Crippen LogP contribution in [-0.2, 0) is 6.42 Å². The van der Waals surface area contributed by atoms with E-state index in [-0.39, 0.29) is 5.75 Å². The molecule has 0 heterocycles. The van der Waals surface area contributed by atoms with Crippen LogP contribution in [0.2, 0.25) is 0 Å². The van der Waals surface area contributed by atoms with E-state index >= 15 is 0 Å². The predicted octanol–water partition coefficient (Wildman–Crippen LogP) is 1.66. The summed E-state index contributed by atoms with van der Waals surface area (Å²) in [5.41, 5.74) is 0.857. The van der Waals surface area contributed by atoms with E-state index < -0.39 is 0 Å². The monoisotopic (exact) mass is 277 g/mol. The molecular formula is C15H23N3O2. The number of rotatable bonds is 6. The largest absolute Gasteiger partial charge is 0.504 e. The maximum atomic E-state index is 10.0. The molecule has 110 valence electrons. The second-order valence-electron chi connectivity index (χ2n) is 4.90. The van der Waals surface area contributed by atoms with Gasteiger partial charge in [0, 0.05) is 19.1 Å². The number of hydrogen-bond acceptors (Lipinski definition) is 3. The van der Waals surface area contributed by atoms with Crippen molar-refractivity contribution >= 4 is 5.96 Å². The molecule has 1 aromatic rings. The number of phenols is 1. The summed E-state index contributed by atoms with van der Waals surface area (Å²) in [5.74, 6) is 1.58. The minimum absolute atomic E-state index is 0.213. The van der Waals surface area contributed by atoms with E-state index in [1.807, 2.05) is 12.1 Å². The number of methoxy groups -OCH3 is 1. The van der Waals surface area contributed by atoms with Gasteiger partial charge in [0.15, 0.2) is 17.5 Å². The van der Waals surface area contributed by atoms with Crippen LogP contribution in [0.25, 0.3) is 0 Å². The second-order valence-corrected chi connectivity index (χ2v) is 4.90. The Hall–Kier alpha value is -1.91. The molecule has 0 atom stereocenters. The molecule has 5 nitrogen and oxygen atoms in total. The molecule has 1 aliphatic rings. The third-order valence-electron chi connectivity index (χ3n) is 3.22. The van der Waals surface area contributed by atoms with Gasteiger partial charge in [-0.2, -0.15) is 0 Å². The molecule has 0 aromatic heterocycles. The molecule has 0 amide bonds. The number of nitrogens with one attached hydrogen (secondary N) is 2. The van der Waals surface area contributed by atoms with Gasteiger partial charge >= 0.3 is 0 Å². The number of para-hydroxylation sites is 1. The maximum Gasteiger partial charge on any atom is 0.191 e. The molecule has 0 saturated heterocycles. The Bertz CT molecular complexity index is 470. The van der Waals surface area contributed by atoms with E-state index in [0.29, 0.717) is 24.8 Å². The third kappa shape index (κ3) is 4.05. The minimum Gasteiger partial charge on any atom is -0.504 e. The van der Waals surface area contributed by atoms with E-state index in [1.165, 1.54) is 12.8 Å². The fraction of sp³-hybridized carbons (Fsp3) is 0.533. The third-order valence-corrected chi connectivity index (χ3v) is 3.22. The van der Waals surface area contributed by atoms with Gasteiger partial charge in [0.1, 0.15) is 0 Å². The van der Waals surface area contributed by atoms with E-state index in [1.54, 1.807) is 13.2 Å². The van der Waals surface area contributed by atoms with Crippen molar-refractivity contribution in [2.75, 3.05) is 20.2 Å². The molecule has 0 bridgehead atoms.